The predicted octanol–water partition coefficient (Wildman–Crippen LogP) is 2.68. The molecule has 0 saturated carbocycles. The molecule has 1 aromatic rings. The minimum atomic E-state index is -1.35. The molecule has 14 heavy (non-hydrogen) atoms. The third kappa shape index (κ3) is 2.61. The molecule has 1 rings (SSSR count). The van der Waals surface area contributed by atoms with Crippen LogP contribution in [0.25, 0.3) is 0 Å². The first kappa shape index (κ1) is 10.8. The second-order valence-corrected chi connectivity index (χ2v) is 2.75. The third-order valence-corrected chi connectivity index (χ3v) is 1.59. The molecule has 0 fully saturated rings. The summed E-state index contributed by atoms with van der Waals surface area (Å²) in [5, 5.41) is 0. The number of halogens is 3. The van der Waals surface area contributed by atoms with Crippen molar-refractivity contribution in [3.8, 4) is 5.88 Å². The largest absolute Gasteiger partial charge is 0.476 e. The van der Waals surface area contributed by atoms with E-state index in [1.807, 2.05) is 6.92 Å². The highest BCUT2D eigenvalue weighted by Crippen LogP contribution is 2.16. The quantitative estimate of drug-likeness (QED) is 0.557. The van der Waals surface area contributed by atoms with Gasteiger partial charge >= 0.3 is 0 Å². The molecule has 0 N–H and O–H groups in total. The molecular formula is C9H10F3NO. The lowest BCUT2D eigenvalue weighted by molar-refractivity contribution is 0.273. The van der Waals surface area contributed by atoms with E-state index in [1.165, 1.54) is 0 Å². The van der Waals surface area contributed by atoms with Gasteiger partial charge in [-0.2, -0.15) is 9.37 Å². The van der Waals surface area contributed by atoms with Crippen molar-refractivity contribution in [2.45, 2.75) is 19.8 Å². The maximum absolute atomic E-state index is 12.9. The molecule has 0 aliphatic rings. The molecule has 1 aromatic heterocycles. The van der Waals surface area contributed by atoms with Crippen molar-refractivity contribution >= 4 is 0 Å². The van der Waals surface area contributed by atoms with Gasteiger partial charge in [0.25, 0.3) is 11.8 Å². The average Bonchev–Trinajstić information content (AvgIpc) is 2.14. The van der Waals surface area contributed by atoms with Crippen LogP contribution >= 0.6 is 0 Å². The number of nitrogens with zero attached hydrogens (tertiary/aromatic N) is 1. The lowest BCUT2D eigenvalue weighted by Crippen LogP contribution is -2.03. The Bertz CT molecular complexity index is 317. The van der Waals surface area contributed by atoms with Crippen LogP contribution in [0.3, 0.4) is 0 Å². The molecule has 1 heterocycles. The summed E-state index contributed by atoms with van der Waals surface area (Å²) in [4.78, 5) is 3.01. The van der Waals surface area contributed by atoms with Crippen LogP contribution < -0.4 is 4.74 Å². The highest BCUT2D eigenvalue weighted by molar-refractivity contribution is 5.14. The van der Waals surface area contributed by atoms with E-state index in [4.69, 9.17) is 4.74 Å². The Morgan fingerprint density at radius 2 is 2.00 bits per heavy atom. The van der Waals surface area contributed by atoms with Gasteiger partial charge in [-0.1, -0.05) is 13.3 Å². The molecule has 0 saturated heterocycles. The Morgan fingerprint density at radius 1 is 1.29 bits per heavy atom. The first-order valence-electron chi connectivity index (χ1n) is 4.29. The van der Waals surface area contributed by atoms with E-state index in [1.54, 1.807) is 0 Å². The van der Waals surface area contributed by atoms with Gasteiger partial charge in [0.2, 0.25) is 0 Å². The fourth-order valence-electron chi connectivity index (χ4n) is 0.843. The first-order chi connectivity index (χ1) is 6.65. The molecule has 0 atom stereocenters. The van der Waals surface area contributed by atoms with Crippen LogP contribution in [-0.4, -0.2) is 11.6 Å². The van der Waals surface area contributed by atoms with Crippen molar-refractivity contribution in [3.63, 3.8) is 0 Å². The van der Waals surface area contributed by atoms with Crippen LogP contribution in [-0.2, 0) is 0 Å². The topological polar surface area (TPSA) is 22.1 Å². The molecular weight excluding hydrogens is 195 g/mol. The van der Waals surface area contributed by atoms with Crippen LogP contribution in [0.1, 0.15) is 19.8 Å². The van der Waals surface area contributed by atoms with E-state index in [0.29, 0.717) is 12.5 Å². The van der Waals surface area contributed by atoms with E-state index < -0.39 is 23.5 Å². The van der Waals surface area contributed by atoms with E-state index in [0.717, 1.165) is 6.42 Å². The highest BCUT2D eigenvalue weighted by atomic mass is 19.2. The van der Waals surface area contributed by atoms with E-state index in [9.17, 15) is 13.2 Å². The molecule has 0 bridgehead atoms. The average molecular weight is 205 g/mol. The van der Waals surface area contributed by atoms with Gasteiger partial charge in [-0.25, -0.2) is 8.78 Å². The minimum absolute atomic E-state index is 0.242. The maximum atomic E-state index is 12.9. The second kappa shape index (κ2) is 4.83. The Hall–Kier alpha value is -1.26. The minimum Gasteiger partial charge on any atom is -0.476 e. The summed E-state index contributed by atoms with van der Waals surface area (Å²) in [5.41, 5.74) is 0. The van der Waals surface area contributed by atoms with Gasteiger partial charge in [-0.15, -0.1) is 0 Å². The summed E-state index contributed by atoms with van der Waals surface area (Å²) in [7, 11) is 0. The first-order valence-corrected chi connectivity index (χ1v) is 4.29. The van der Waals surface area contributed by atoms with Gasteiger partial charge < -0.3 is 4.74 Å². The van der Waals surface area contributed by atoms with Crippen LogP contribution in [0.15, 0.2) is 6.07 Å². The number of aromatic nitrogens is 1. The molecule has 0 amide bonds. The van der Waals surface area contributed by atoms with Gasteiger partial charge in [0.1, 0.15) is 0 Å². The zero-order valence-corrected chi connectivity index (χ0v) is 7.69. The Balaban J connectivity index is 2.72. The lowest BCUT2D eigenvalue weighted by atomic mass is 10.4. The Kier molecular flexibility index (Phi) is 3.73. The standard InChI is InChI=1S/C9H10F3NO/c1-2-3-4-14-9-7(11)5-6(10)8(12)13-9/h5H,2-4H2,1H3. The summed E-state index contributed by atoms with van der Waals surface area (Å²) >= 11 is 0. The van der Waals surface area contributed by atoms with Crippen LogP contribution in [0.2, 0.25) is 0 Å². The number of unbranched alkanes of at least 4 members (excludes halogenated alkanes) is 1. The molecule has 0 aliphatic carbocycles. The van der Waals surface area contributed by atoms with Crippen LogP contribution in [0, 0.1) is 17.6 Å². The van der Waals surface area contributed by atoms with Gasteiger partial charge in [0.05, 0.1) is 6.61 Å². The summed E-state index contributed by atoms with van der Waals surface area (Å²) in [6.07, 6.45) is 1.57. The van der Waals surface area contributed by atoms with E-state index >= 15 is 0 Å². The predicted molar refractivity (Wildman–Crippen MR) is 44.5 cm³/mol. The summed E-state index contributed by atoms with van der Waals surface area (Å²) in [6, 6.07) is 0.420. The lowest BCUT2D eigenvalue weighted by Gasteiger charge is -2.05. The Morgan fingerprint density at radius 3 is 2.64 bits per heavy atom. The van der Waals surface area contributed by atoms with Crippen molar-refractivity contribution in [1.82, 2.24) is 4.98 Å². The zero-order valence-electron chi connectivity index (χ0n) is 7.69. The number of hydrogen-bond donors (Lipinski definition) is 0. The van der Waals surface area contributed by atoms with Crippen molar-refractivity contribution in [2.75, 3.05) is 6.61 Å². The smallest absolute Gasteiger partial charge is 0.253 e. The normalized spacial score (nSPS) is 10.3. The monoisotopic (exact) mass is 205 g/mol. The summed E-state index contributed by atoms with van der Waals surface area (Å²) in [5.74, 6) is -4.14. The second-order valence-electron chi connectivity index (χ2n) is 2.75. The van der Waals surface area contributed by atoms with Gasteiger partial charge in [0.15, 0.2) is 11.6 Å². The molecule has 0 unspecified atom stereocenters. The fraction of sp³-hybridized carbons (Fsp3) is 0.444. The summed E-state index contributed by atoms with van der Waals surface area (Å²) in [6.45, 7) is 2.17. The maximum Gasteiger partial charge on any atom is 0.253 e. The van der Waals surface area contributed by atoms with Crippen molar-refractivity contribution in [1.29, 1.82) is 0 Å². The molecule has 0 aliphatic heterocycles. The highest BCUT2D eigenvalue weighted by Gasteiger charge is 2.12. The molecule has 78 valence electrons. The van der Waals surface area contributed by atoms with Crippen molar-refractivity contribution < 1.29 is 17.9 Å². The number of ether oxygens (including phenoxy) is 1. The van der Waals surface area contributed by atoms with Crippen LogP contribution in [0.4, 0.5) is 13.2 Å². The van der Waals surface area contributed by atoms with Crippen molar-refractivity contribution in [3.05, 3.63) is 23.6 Å². The molecule has 5 heteroatoms. The molecule has 0 aromatic carbocycles. The van der Waals surface area contributed by atoms with Crippen molar-refractivity contribution in [2.24, 2.45) is 0 Å². The molecule has 0 spiro atoms. The fourth-order valence-corrected chi connectivity index (χ4v) is 0.843. The number of pyridine rings is 1. The molecule has 2 nitrogen and oxygen atoms in total. The number of rotatable bonds is 4. The zero-order chi connectivity index (χ0) is 10.6. The molecule has 0 radical (unpaired) electrons. The van der Waals surface area contributed by atoms with Gasteiger partial charge in [-0.05, 0) is 6.42 Å². The third-order valence-electron chi connectivity index (χ3n) is 1.59. The van der Waals surface area contributed by atoms with Gasteiger partial charge in [0, 0.05) is 6.07 Å². The van der Waals surface area contributed by atoms with E-state index in [-0.39, 0.29) is 6.61 Å². The van der Waals surface area contributed by atoms with Crippen LogP contribution in [0.5, 0.6) is 5.88 Å². The Labute approximate surface area is 79.7 Å². The summed E-state index contributed by atoms with van der Waals surface area (Å²) < 4.78 is 42.6. The SMILES string of the molecule is CCCCOc1nc(F)c(F)cc1F. The number of hydrogen-bond acceptors (Lipinski definition) is 2. The van der Waals surface area contributed by atoms with E-state index in [2.05, 4.69) is 4.98 Å². The van der Waals surface area contributed by atoms with Gasteiger partial charge in [-0.3, -0.25) is 0 Å².